The number of aliphatic hydroxyl groups is 5. The van der Waals surface area contributed by atoms with Crippen LogP contribution in [0.2, 0.25) is 0 Å². The number of nitrogens with one attached hydrogen (secondary N) is 1. The minimum atomic E-state index is -1.61. The third-order valence-corrected chi connectivity index (χ3v) is 18.5. The molecule has 6 N–H and O–H groups in total. The second-order valence-electron chi connectivity index (χ2n) is 27.1. The Kier molecular flexibility index (Phi) is 62.9. The molecule has 11 heteroatoms. The first kappa shape index (κ1) is 84.9. The van der Waals surface area contributed by atoms with E-state index in [0.717, 1.165) is 64.2 Å². The highest BCUT2D eigenvalue weighted by Crippen LogP contribution is 2.27. The van der Waals surface area contributed by atoms with Crippen LogP contribution in [0.5, 0.6) is 0 Å². The van der Waals surface area contributed by atoms with Crippen molar-refractivity contribution in [2.24, 2.45) is 0 Å². The summed E-state index contributed by atoms with van der Waals surface area (Å²) in [6, 6.07) is -1.02. The Morgan fingerprint density at radius 1 is 0.438 bits per heavy atom. The molecule has 0 spiro atoms. The molecule has 1 fully saturated rings. The summed E-state index contributed by atoms with van der Waals surface area (Å²) in [6.07, 6.45) is 71.9. The maximum absolute atomic E-state index is 13.5. The monoisotopic (exact) mass is 1260 g/mol. The minimum Gasteiger partial charge on any atom is -0.454 e. The average molecular weight is 1260 g/mol. The first-order chi connectivity index (χ1) is 43.7. The van der Waals surface area contributed by atoms with Crippen molar-refractivity contribution in [2.45, 2.75) is 436 Å². The number of hydrogen-bond acceptors (Lipinski definition) is 10. The maximum Gasteiger partial charge on any atom is 0.306 e. The Labute approximate surface area is 549 Å². The van der Waals surface area contributed by atoms with E-state index in [1.165, 1.54) is 276 Å². The van der Waals surface area contributed by atoms with Crippen LogP contribution in [0.3, 0.4) is 0 Å². The van der Waals surface area contributed by atoms with Crippen LogP contribution in [-0.4, -0.2) is 99.6 Å². The van der Waals surface area contributed by atoms with Gasteiger partial charge in [0, 0.05) is 6.42 Å². The van der Waals surface area contributed by atoms with Gasteiger partial charge in [-0.1, -0.05) is 359 Å². The van der Waals surface area contributed by atoms with Crippen molar-refractivity contribution in [1.29, 1.82) is 0 Å². The first-order valence-corrected chi connectivity index (χ1v) is 38.8. The fourth-order valence-corrected chi connectivity index (χ4v) is 12.5. The van der Waals surface area contributed by atoms with Gasteiger partial charge >= 0.3 is 5.97 Å². The van der Waals surface area contributed by atoms with Crippen LogP contribution in [0.25, 0.3) is 0 Å². The number of ether oxygens (including phenoxy) is 3. The van der Waals surface area contributed by atoms with Gasteiger partial charge in [-0.25, -0.2) is 0 Å². The molecule has 1 rings (SSSR count). The van der Waals surface area contributed by atoms with Crippen molar-refractivity contribution in [2.75, 3.05) is 13.2 Å². The van der Waals surface area contributed by atoms with Crippen molar-refractivity contribution >= 4 is 11.9 Å². The van der Waals surface area contributed by atoms with Crippen molar-refractivity contribution in [3.8, 4) is 0 Å². The summed E-state index contributed by atoms with van der Waals surface area (Å²) < 4.78 is 17.8. The number of amides is 1. The van der Waals surface area contributed by atoms with Gasteiger partial charge in [-0.05, 0) is 57.8 Å². The summed E-state index contributed by atoms with van der Waals surface area (Å²) in [5.74, 6) is -1.17. The van der Waals surface area contributed by atoms with Gasteiger partial charge in [0.2, 0.25) is 5.91 Å². The molecule has 0 bridgehead atoms. The number of hydrogen-bond donors (Lipinski definition) is 6. The number of rotatable bonds is 68. The van der Waals surface area contributed by atoms with E-state index in [1.54, 1.807) is 6.08 Å². The molecule has 0 aromatic rings. The van der Waals surface area contributed by atoms with Crippen molar-refractivity contribution in [3.05, 3.63) is 36.5 Å². The third-order valence-electron chi connectivity index (χ3n) is 18.5. The van der Waals surface area contributed by atoms with E-state index < -0.39 is 67.4 Å². The molecule has 0 aromatic heterocycles. The molecule has 0 aliphatic carbocycles. The molecule has 1 aliphatic rings. The van der Waals surface area contributed by atoms with Crippen LogP contribution in [0.1, 0.15) is 387 Å². The third kappa shape index (κ3) is 52.9. The zero-order valence-electron chi connectivity index (χ0n) is 58.6. The average Bonchev–Trinajstić information content (AvgIpc) is 1.80. The first-order valence-electron chi connectivity index (χ1n) is 38.8. The molecule has 11 nitrogen and oxygen atoms in total. The molecule has 89 heavy (non-hydrogen) atoms. The van der Waals surface area contributed by atoms with Crippen molar-refractivity contribution < 1.29 is 49.3 Å². The molecular weight excluding hydrogens is 1110 g/mol. The molecule has 1 saturated heterocycles. The van der Waals surface area contributed by atoms with Gasteiger partial charge in [-0.2, -0.15) is 0 Å². The fourth-order valence-electron chi connectivity index (χ4n) is 12.5. The Morgan fingerprint density at radius 3 is 1.17 bits per heavy atom. The van der Waals surface area contributed by atoms with E-state index in [-0.39, 0.29) is 13.0 Å². The zero-order valence-corrected chi connectivity index (χ0v) is 58.6. The van der Waals surface area contributed by atoms with Crippen LogP contribution in [0.4, 0.5) is 0 Å². The van der Waals surface area contributed by atoms with Crippen molar-refractivity contribution in [1.82, 2.24) is 5.32 Å². The SMILES string of the molecule is CCCCC/C=C\C/C=C\CCCCCCCCCCCCCCCCCC(=O)OC1C(OCC(NC(=O)C(O)CCCCCCCCCCCCCCCCCCCCCCCC)C(O)/C=C/CCCCCCCCCCCCC)OC(CO)C(O)C1O. The molecule has 0 saturated carbocycles. The topological polar surface area (TPSA) is 175 Å². The molecule has 1 aliphatic heterocycles. The van der Waals surface area contributed by atoms with E-state index in [2.05, 4.69) is 50.4 Å². The van der Waals surface area contributed by atoms with Crippen molar-refractivity contribution in [3.63, 3.8) is 0 Å². The lowest BCUT2D eigenvalue weighted by atomic mass is 9.99. The molecular formula is C78H147NO10. The number of unbranched alkanes of at least 4 members (excludes halogenated alkanes) is 50. The lowest BCUT2D eigenvalue weighted by Crippen LogP contribution is -2.61. The minimum absolute atomic E-state index is 0.127. The van der Waals surface area contributed by atoms with Gasteiger partial charge in [0.25, 0.3) is 0 Å². The van der Waals surface area contributed by atoms with Gasteiger partial charge in [0.05, 0.1) is 25.4 Å². The Hall–Kier alpha value is -2.12. The van der Waals surface area contributed by atoms with E-state index in [0.29, 0.717) is 19.3 Å². The van der Waals surface area contributed by atoms with E-state index in [1.807, 2.05) is 6.08 Å². The van der Waals surface area contributed by atoms with E-state index >= 15 is 0 Å². The second kappa shape index (κ2) is 65.9. The lowest BCUT2D eigenvalue weighted by molar-refractivity contribution is -0.305. The standard InChI is InChI=1S/C78H147NO10/c1-4-7-10-13-16-19-22-25-27-29-31-33-35-36-37-39-41-43-45-48-51-54-57-60-63-66-73(83)89-76-75(85)74(84)72(67-80)88-78(76)87-68-69(70(81)64-61-58-55-52-49-46-24-21-18-15-12-9-6-3)79-77(86)71(82)65-62-59-56-53-50-47-44-42-40-38-34-32-30-28-26-23-20-17-14-11-8-5-2/h16,19,25,27,61,64,69-72,74-76,78,80-82,84-85H,4-15,17-18,20-24,26,28-60,62-63,65-68H2,1-3H3,(H,79,86)/b19-16-,27-25-,64-61+. The predicted molar refractivity (Wildman–Crippen MR) is 375 cm³/mol. The molecule has 8 unspecified atom stereocenters. The van der Waals surface area contributed by atoms with Crippen LogP contribution in [-0.2, 0) is 23.8 Å². The number of carbonyl (C=O) groups is 2. The largest absolute Gasteiger partial charge is 0.454 e. The summed E-state index contributed by atoms with van der Waals surface area (Å²) in [5.41, 5.74) is 0. The number of esters is 1. The number of carbonyl (C=O) groups excluding carboxylic acids is 2. The number of allylic oxidation sites excluding steroid dienone is 5. The molecule has 8 atom stereocenters. The molecule has 0 radical (unpaired) electrons. The Balaban J connectivity index is 2.52. The van der Waals surface area contributed by atoms with Gasteiger partial charge in [-0.15, -0.1) is 0 Å². The van der Waals surface area contributed by atoms with Crippen LogP contribution in [0.15, 0.2) is 36.5 Å². The summed E-state index contributed by atoms with van der Waals surface area (Å²) >= 11 is 0. The van der Waals surface area contributed by atoms with Crippen LogP contribution in [0, 0.1) is 0 Å². The highest BCUT2D eigenvalue weighted by atomic mass is 16.7. The molecule has 1 heterocycles. The normalized spacial score (nSPS) is 18.2. The summed E-state index contributed by atoms with van der Waals surface area (Å²) in [4.78, 5) is 26.8. The zero-order chi connectivity index (χ0) is 64.6. The van der Waals surface area contributed by atoms with E-state index in [9.17, 15) is 35.1 Å². The lowest BCUT2D eigenvalue weighted by Gasteiger charge is -2.41. The fraction of sp³-hybridized carbons (Fsp3) is 0.897. The Morgan fingerprint density at radius 2 is 0.775 bits per heavy atom. The maximum atomic E-state index is 13.5. The second-order valence-corrected chi connectivity index (χ2v) is 27.1. The quantitative estimate of drug-likeness (QED) is 0.0195. The number of aliphatic hydroxyl groups excluding tert-OH is 5. The highest BCUT2D eigenvalue weighted by Gasteiger charge is 2.47. The van der Waals surface area contributed by atoms with Gasteiger partial charge in [-0.3, -0.25) is 9.59 Å². The van der Waals surface area contributed by atoms with Gasteiger partial charge < -0.3 is 45.1 Å². The molecule has 0 aromatic carbocycles. The summed E-state index contributed by atoms with van der Waals surface area (Å²) in [6.45, 7) is 5.84. The van der Waals surface area contributed by atoms with Crippen LogP contribution >= 0.6 is 0 Å². The van der Waals surface area contributed by atoms with Gasteiger partial charge in [0.15, 0.2) is 12.4 Å². The molecule has 1 amide bonds. The van der Waals surface area contributed by atoms with Gasteiger partial charge in [0.1, 0.15) is 24.4 Å². The van der Waals surface area contributed by atoms with E-state index in [4.69, 9.17) is 14.2 Å². The summed E-state index contributed by atoms with van der Waals surface area (Å²) in [5, 5.41) is 57.4. The Bertz CT molecular complexity index is 1590. The highest BCUT2D eigenvalue weighted by molar-refractivity contribution is 5.80. The molecule has 524 valence electrons. The van der Waals surface area contributed by atoms with Crippen LogP contribution < -0.4 is 5.32 Å². The smallest absolute Gasteiger partial charge is 0.306 e. The summed E-state index contributed by atoms with van der Waals surface area (Å²) in [7, 11) is 0. The predicted octanol–water partition coefficient (Wildman–Crippen LogP) is 20.5.